The SMILES string of the molecule is CC(=O)N1N=C(C)CC12CCC1CN(C(=O)c3cc(C4CC4)on3)CC12.O=C(O)C(=O)O. The van der Waals surface area contributed by atoms with Gasteiger partial charge in [-0.1, -0.05) is 5.16 Å². The highest BCUT2D eigenvalue weighted by Gasteiger charge is 2.59. The Kier molecular flexibility index (Phi) is 5.51. The van der Waals surface area contributed by atoms with E-state index in [4.69, 9.17) is 24.3 Å². The average Bonchev–Trinajstić information content (AvgIpc) is 3.09. The Morgan fingerprint density at radius 3 is 2.41 bits per heavy atom. The molecule has 5 rings (SSSR count). The fourth-order valence-electron chi connectivity index (χ4n) is 5.36. The summed E-state index contributed by atoms with van der Waals surface area (Å²) >= 11 is 0. The van der Waals surface area contributed by atoms with Gasteiger partial charge in [-0.05, 0) is 38.5 Å². The molecule has 1 aromatic rings. The van der Waals surface area contributed by atoms with Gasteiger partial charge >= 0.3 is 11.9 Å². The Morgan fingerprint density at radius 1 is 1.12 bits per heavy atom. The number of carbonyl (C=O) groups is 4. The number of hydrogen-bond acceptors (Lipinski definition) is 7. The lowest BCUT2D eigenvalue weighted by Gasteiger charge is -2.37. The monoisotopic (exact) mass is 446 g/mol. The van der Waals surface area contributed by atoms with Crippen LogP contribution in [0.15, 0.2) is 15.7 Å². The molecule has 3 fully saturated rings. The van der Waals surface area contributed by atoms with Crippen molar-refractivity contribution in [3.8, 4) is 0 Å². The molecule has 32 heavy (non-hydrogen) atoms. The number of aromatic nitrogens is 1. The molecule has 11 nitrogen and oxygen atoms in total. The van der Waals surface area contributed by atoms with Crippen LogP contribution in [0.4, 0.5) is 0 Å². The summed E-state index contributed by atoms with van der Waals surface area (Å²) in [5.41, 5.74) is 1.19. The molecule has 11 heteroatoms. The predicted molar refractivity (Wildman–Crippen MR) is 109 cm³/mol. The highest BCUT2D eigenvalue weighted by Crippen LogP contribution is 2.52. The predicted octanol–water partition coefficient (Wildman–Crippen LogP) is 1.56. The minimum Gasteiger partial charge on any atom is -0.473 e. The van der Waals surface area contributed by atoms with Crippen molar-refractivity contribution in [2.75, 3.05) is 13.1 Å². The number of likely N-dealkylation sites (tertiary alicyclic amines) is 1. The number of carboxylic acid groups (broad SMARTS) is 2. The lowest BCUT2D eigenvalue weighted by molar-refractivity contribution is -0.159. The van der Waals surface area contributed by atoms with Crippen molar-refractivity contribution in [2.45, 2.75) is 57.4 Å². The number of amides is 2. The largest absolute Gasteiger partial charge is 0.473 e. The van der Waals surface area contributed by atoms with Gasteiger partial charge in [0.1, 0.15) is 5.76 Å². The number of fused-ring (bicyclic) bond motifs is 2. The maximum atomic E-state index is 12.9. The molecule has 3 unspecified atom stereocenters. The second-order valence-corrected chi connectivity index (χ2v) is 9.06. The van der Waals surface area contributed by atoms with Crippen molar-refractivity contribution in [1.29, 1.82) is 0 Å². The Balaban J connectivity index is 0.000000363. The van der Waals surface area contributed by atoms with Crippen LogP contribution in [0.3, 0.4) is 0 Å². The minimum atomic E-state index is -1.82. The number of carbonyl (C=O) groups excluding carboxylic acids is 2. The molecule has 3 atom stereocenters. The number of nitrogens with zero attached hydrogens (tertiary/aromatic N) is 4. The molecule has 2 aliphatic carbocycles. The minimum absolute atomic E-state index is 0.00199. The van der Waals surface area contributed by atoms with Crippen LogP contribution in [0.1, 0.15) is 68.1 Å². The van der Waals surface area contributed by atoms with Crippen LogP contribution in [0.5, 0.6) is 0 Å². The second kappa shape index (κ2) is 8.03. The summed E-state index contributed by atoms with van der Waals surface area (Å²) in [5, 5.41) is 25.0. The van der Waals surface area contributed by atoms with Gasteiger partial charge < -0.3 is 19.6 Å². The average molecular weight is 446 g/mol. The van der Waals surface area contributed by atoms with E-state index in [0.717, 1.165) is 50.1 Å². The van der Waals surface area contributed by atoms with E-state index in [2.05, 4.69) is 10.3 Å². The Bertz CT molecular complexity index is 986. The van der Waals surface area contributed by atoms with Gasteiger partial charge in [0.05, 0.1) is 5.54 Å². The summed E-state index contributed by atoms with van der Waals surface area (Å²) in [6, 6.07) is 1.81. The lowest BCUT2D eigenvalue weighted by atomic mass is 9.81. The molecule has 2 saturated carbocycles. The molecule has 172 valence electrons. The first-order valence-corrected chi connectivity index (χ1v) is 10.7. The molecule has 1 aromatic heterocycles. The molecule has 4 aliphatic rings. The Labute approximate surface area is 184 Å². The van der Waals surface area contributed by atoms with E-state index < -0.39 is 11.9 Å². The molecule has 0 radical (unpaired) electrons. The first kappa shape index (κ1) is 22.0. The third kappa shape index (κ3) is 3.87. The molecule has 2 N–H and O–H groups in total. The van der Waals surface area contributed by atoms with Crippen LogP contribution < -0.4 is 0 Å². The van der Waals surface area contributed by atoms with Crippen LogP contribution in [0.2, 0.25) is 0 Å². The second-order valence-electron chi connectivity index (χ2n) is 9.06. The molecule has 1 saturated heterocycles. The van der Waals surface area contributed by atoms with Gasteiger partial charge in [0, 0.05) is 50.0 Å². The third-order valence-electron chi connectivity index (χ3n) is 6.83. The standard InChI is InChI=1S/C19H24N4O3.C2H2O4/c1-11-8-19(23(20-11)12(2)24)6-5-14-9-22(10-15(14)19)18(25)16-7-17(26-21-16)13-3-4-13;3-1(4)2(5)6/h7,13-15H,3-6,8-10H2,1-2H3;(H,3,4)(H,5,6). The van der Waals surface area contributed by atoms with E-state index >= 15 is 0 Å². The summed E-state index contributed by atoms with van der Waals surface area (Å²) < 4.78 is 5.35. The van der Waals surface area contributed by atoms with E-state index in [1.807, 2.05) is 17.9 Å². The molecule has 1 spiro atoms. The maximum Gasteiger partial charge on any atom is 0.414 e. The van der Waals surface area contributed by atoms with Crippen molar-refractivity contribution < 1.29 is 33.9 Å². The number of carboxylic acids is 2. The summed E-state index contributed by atoms with van der Waals surface area (Å²) in [6.07, 6.45) is 5.08. The van der Waals surface area contributed by atoms with Gasteiger partial charge in [-0.3, -0.25) is 9.59 Å². The van der Waals surface area contributed by atoms with Crippen LogP contribution in [0.25, 0.3) is 0 Å². The van der Waals surface area contributed by atoms with E-state index in [1.54, 1.807) is 11.9 Å². The number of aliphatic carboxylic acids is 2. The van der Waals surface area contributed by atoms with Crippen molar-refractivity contribution in [1.82, 2.24) is 15.1 Å². The normalized spacial score (nSPS) is 28.2. The van der Waals surface area contributed by atoms with Crippen molar-refractivity contribution >= 4 is 29.5 Å². The van der Waals surface area contributed by atoms with E-state index in [-0.39, 0.29) is 23.3 Å². The van der Waals surface area contributed by atoms with Crippen molar-refractivity contribution in [3.63, 3.8) is 0 Å². The lowest BCUT2D eigenvalue weighted by Crippen LogP contribution is -2.50. The number of hydrazone groups is 1. The number of hydrogen-bond donors (Lipinski definition) is 2. The summed E-state index contributed by atoms with van der Waals surface area (Å²) in [7, 11) is 0. The molecule has 3 heterocycles. The summed E-state index contributed by atoms with van der Waals surface area (Å²) in [6.45, 7) is 4.98. The molecule has 2 aliphatic heterocycles. The van der Waals surface area contributed by atoms with Gasteiger partial charge in [-0.15, -0.1) is 0 Å². The molecule has 0 aromatic carbocycles. The zero-order valence-corrected chi connectivity index (χ0v) is 18.0. The maximum absolute atomic E-state index is 12.9. The molecular weight excluding hydrogens is 420 g/mol. The van der Waals surface area contributed by atoms with Crippen molar-refractivity contribution in [2.24, 2.45) is 16.9 Å². The fourth-order valence-corrected chi connectivity index (χ4v) is 5.36. The summed E-state index contributed by atoms with van der Waals surface area (Å²) in [5.74, 6) is -1.69. The van der Waals surface area contributed by atoms with Crippen LogP contribution in [0, 0.1) is 11.8 Å². The Hall–Kier alpha value is -3.24. The molecule has 0 bridgehead atoms. The van der Waals surface area contributed by atoms with Crippen LogP contribution in [-0.2, 0) is 14.4 Å². The highest BCUT2D eigenvalue weighted by molar-refractivity contribution is 6.27. The van der Waals surface area contributed by atoms with E-state index in [1.165, 1.54) is 0 Å². The smallest absolute Gasteiger partial charge is 0.414 e. The molecule has 2 amide bonds. The van der Waals surface area contributed by atoms with Gasteiger partial charge in [0.2, 0.25) is 5.91 Å². The van der Waals surface area contributed by atoms with Gasteiger partial charge in [0.25, 0.3) is 5.91 Å². The third-order valence-corrected chi connectivity index (χ3v) is 6.83. The van der Waals surface area contributed by atoms with E-state index in [0.29, 0.717) is 24.1 Å². The van der Waals surface area contributed by atoms with Crippen molar-refractivity contribution in [3.05, 3.63) is 17.5 Å². The molecular formula is C21H26N4O7. The van der Waals surface area contributed by atoms with Gasteiger partial charge in [-0.25, -0.2) is 14.6 Å². The number of rotatable bonds is 2. The summed E-state index contributed by atoms with van der Waals surface area (Å²) in [4.78, 5) is 45.2. The Morgan fingerprint density at radius 2 is 1.81 bits per heavy atom. The van der Waals surface area contributed by atoms with Gasteiger partial charge in [0.15, 0.2) is 5.69 Å². The van der Waals surface area contributed by atoms with Crippen LogP contribution in [-0.4, -0.2) is 73.4 Å². The first-order chi connectivity index (χ1) is 15.1. The van der Waals surface area contributed by atoms with E-state index in [9.17, 15) is 9.59 Å². The quantitative estimate of drug-likeness (QED) is 0.649. The first-order valence-electron chi connectivity index (χ1n) is 10.7. The topological polar surface area (TPSA) is 154 Å². The zero-order valence-electron chi connectivity index (χ0n) is 18.0. The van der Waals surface area contributed by atoms with Crippen LogP contribution >= 0.6 is 0 Å². The fraction of sp³-hybridized carbons (Fsp3) is 0.619. The highest BCUT2D eigenvalue weighted by atomic mass is 16.5. The van der Waals surface area contributed by atoms with Gasteiger partial charge in [-0.2, -0.15) is 5.10 Å². The zero-order chi connectivity index (χ0) is 23.2.